The normalized spacial score (nSPS) is 22.6. The summed E-state index contributed by atoms with van der Waals surface area (Å²) in [4.78, 5) is 39.2. The van der Waals surface area contributed by atoms with Crippen molar-refractivity contribution in [3.63, 3.8) is 0 Å². The summed E-state index contributed by atoms with van der Waals surface area (Å²) in [6.07, 6.45) is 6.77. The number of hydroxylamine groups is 2. The van der Waals surface area contributed by atoms with E-state index in [4.69, 9.17) is 4.84 Å². The first kappa shape index (κ1) is 25.9. The molecule has 3 fully saturated rings. The van der Waals surface area contributed by atoms with Gasteiger partial charge < -0.3 is 20.0 Å². The highest BCUT2D eigenvalue weighted by Crippen LogP contribution is 2.26. The van der Waals surface area contributed by atoms with E-state index >= 15 is 0 Å². The van der Waals surface area contributed by atoms with Gasteiger partial charge in [-0.05, 0) is 63.5 Å². The molecule has 0 saturated carbocycles. The van der Waals surface area contributed by atoms with Gasteiger partial charge in [0.1, 0.15) is 6.04 Å². The van der Waals surface area contributed by atoms with Gasteiger partial charge in [-0.3, -0.25) is 14.8 Å². The molecule has 202 valence electrons. The maximum absolute atomic E-state index is 13.9. The van der Waals surface area contributed by atoms with Crippen LogP contribution in [0.5, 0.6) is 0 Å². The van der Waals surface area contributed by atoms with Crippen molar-refractivity contribution in [3.05, 3.63) is 30.0 Å². The van der Waals surface area contributed by atoms with Gasteiger partial charge in [0.25, 0.3) is 0 Å². The molecule has 0 bridgehead atoms. The summed E-state index contributed by atoms with van der Waals surface area (Å²) in [6.45, 7) is 8.84. The standard InChI is InChI=1S/C27H41N7O3/c1-20(21-6-7-24-22(18-21)19-28-30-24)25(29-27(36)37-34-10-4-3-5-11-34)26(35)33-16-14-32(15-17-33)23-8-12-31(2)13-9-23/h6-7,18-20,23,25H,3-5,8-17H2,1-2H3,(H,28,30)(H,29,36). The van der Waals surface area contributed by atoms with Crippen molar-refractivity contribution in [3.8, 4) is 0 Å². The van der Waals surface area contributed by atoms with Crippen LogP contribution in [-0.4, -0.2) is 113 Å². The second-order valence-corrected chi connectivity index (χ2v) is 10.9. The lowest BCUT2D eigenvalue weighted by Gasteiger charge is -2.43. The number of piperazine rings is 1. The highest BCUT2D eigenvalue weighted by molar-refractivity contribution is 5.87. The Morgan fingerprint density at radius 1 is 1.03 bits per heavy atom. The number of carbonyl (C=O) groups excluding carboxylic acids is 2. The Balaban J connectivity index is 1.27. The number of H-pyrrole nitrogens is 1. The monoisotopic (exact) mass is 511 g/mol. The first-order valence-corrected chi connectivity index (χ1v) is 13.9. The van der Waals surface area contributed by atoms with E-state index in [-0.39, 0.29) is 11.8 Å². The number of hydrogen-bond acceptors (Lipinski definition) is 7. The minimum absolute atomic E-state index is 0.0431. The molecule has 5 rings (SSSR count). The molecule has 3 aliphatic rings. The van der Waals surface area contributed by atoms with Crippen LogP contribution in [0.2, 0.25) is 0 Å². The minimum Gasteiger partial charge on any atom is -0.351 e. The van der Waals surface area contributed by atoms with Gasteiger partial charge >= 0.3 is 6.09 Å². The maximum Gasteiger partial charge on any atom is 0.426 e. The fourth-order valence-corrected chi connectivity index (χ4v) is 5.93. The van der Waals surface area contributed by atoms with E-state index in [1.54, 1.807) is 11.3 Å². The smallest absolute Gasteiger partial charge is 0.351 e. The molecule has 2 amide bonds. The molecular weight excluding hydrogens is 470 g/mol. The van der Waals surface area contributed by atoms with Gasteiger partial charge in [-0.1, -0.05) is 19.4 Å². The molecule has 2 atom stereocenters. The Hall–Kier alpha value is -2.69. The summed E-state index contributed by atoms with van der Waals surface area (Å²) in [5, 5.41) is 12.7. The van der Waals surface area contributed by atoms with Gasteiger partial charge in [-0.25, -0.2) is 4.79 Å². The summed E-state index contributed by atoms with van der Waals surface area (Å²) in [6, 6.07) is 5.90. The third-order valence-corrected chi connectivity index (χ3v) is 8.39. The lowest BCUT2D eigenvalue weighted by Crippen LogP contribution is -2.58. The Kier molecular flexibility index (Phi) is 8.26. The number of rotatable bonds is 6. The van der Waals surface area contributed by atoms with Crippen LogP contribution in [0, 0.1) is 0 Å². The van der Waals surface area contributed by atoms with E-state index in [9.17, 15) is 9.59 Å². The van der Waals surface area contributed by atoms with Crippen molar-refractivity contribution >= 4 is 22.9 Å². The van der Waals surface area contributed by atoms with Crippen LogP contribution in [0.4, 0.5) is 4.79 Å². The number of nitrogens with zero attached hydrogens (tertiary/aromatic N) is 5. The van der Waals surface area contributed by atoms with E-state index in [0.29, 0.717) is 19.1 Å². The van der Waals surface area contributed by atoms with Gasteiger partial charge in [0, 0.05) is 56.6 Å². The zero-order valence-electron chi connectivity index (χ0n) is 22.2. The van der Waals surface area contributed by atoms with E-state index in [2.05, 4.69) is 32.4 Å². The molecule has 2 unspecified atom stereocenters. The topological polar surface area (TPSA) is 97.0 Å². The number of benzene rings is 1. The first-order valence-electron chi connectivity index (χ1n) is 13.9. The first-order chi connectivity index (χ1) is 18.0. The molecule has 2 N–H and O–H groups in total. The molecule has 2 aromatic rings. The second-order valence-electron chi connectivity index (χ2n) is 10.9. The summed E-state index contributed by atoms with van der Waals surface area (Å²) in [5.74, 6) is -0.272. The van der Waals surface area contributed by atoms with Gasteiger partial charge in [-0.2, -0.15) is 5.10 Å². The van der Waals surface area contributed by atoms with E-state index in [1.807, 2.05) is 30.0 Å². The summed E-state index contributed by atoms with van der Waals surface area (Å²) >= 11 is 0. The number of hydrogen-bond donors (Lipinski definition) is 2. The van der Waals surface area contributed by atoms with E-state index < -0.39 is 12.1 Å². The Morgan fingerprint density at radius 3 is 2.49 bits per heavy atom. The summed E-state index contributed by atoms with van der Waals surface area (Å²) < 4.78 is 0. The van der Waals surface area contributed by atoms with Crippen LogP contribution in [0.3, 0.4) is 0 Å². The zero-order chi connectivity index (χ0) is 25.8. The fourth-order valence-electron chi connectivity index (χ4n) is 5.93. The van der Waals surface area contributed by atoms with Crippen LogP contribution < -0.4 is 5.32 Å². The van der Waals surface area contributed by atoms with Gasteiger partial charge in [0.15, 0.2) is 0 Å². The van der Waals surface area contributed by atoms with Crippen LogP contribution >= 0.6 is 0 Å². The molecule has 0 radical (unpaired) electrons. The molecule has 1 aromatic heterocycles. The highest BCUT2D eigenvalue weighted by Gasteiger charge is 2.35. The summed E-state index contributed by atoms with van der Waals surface area (Å²) in [5.41, 5.74) is 1.93. The fraction of sp³-hybridized carbons (Fsp3) is 0.667. The molecule has 37 heavy (non-hydrogen) atoms. The second kappa shape index (κ2) is 11.8. The van der Waals surface area contributed by atoms with Crippen molar-refractivity contribution in [1.82, 2.24) is 35.3 Å². The van der Waals surface area contributed by atoms with E-state index in [0.717, 1.165) is 75.0 Å². The minimum atomic E-state index is -0.712. The average Bonchev–Trinajstić information content (AvgIpc) is 3.40. The molecule has 10 nitrogen and oxygen atoms in total. The predicted octanol–water partition coefficient (Wildman–Crippen LogP) is 2.40. The van der Waals surface area contributed by atoms with Crippen LogP contribution in [0.25, 0.3) is 10.9 Å². The zero-order valence-corrected chi connectivity index (χ0v) is 22.2. The number of likely N-dealkylation sites (tertiary alicyclic amines) is 1. The van der Waals surface area contributed by atoms with Crippen molar-refractivity contribution in [1.29, 1.82) is 0 Å². The van der Waals surface area contributed by atoms with Crippen LogP contribution in [-0.2, 0) is 9.63 Å². The van der Waals surface area contributed by atoms with Crippen LogP contribution in [0.15, 0.2) is 24.4 Å². The Bertz CT molecular complexity index is 1050. The molecule has 0 spiro atoms. The number of nitrogens with one attached hydrogen (secondary N) is 2. The summed E-state index contributed by atoms with van der Waals surface area (Å²) in [7, 11) is 2.18. The van der Waals surface area contributed by atoms with Gasteiger partial charge in [0.2, 0.25) is 5.91 Å². The SMILES string of the molecule is CC(c1ccc2[nH]ncc2c1)C(NC(=O)ON1CCCCC1)C(=O)N1CCN(C2CCN(C)CC2)CC1. The largest absolute Gasteiger partial charge is 0.426 e. The lowest BCUT2D eigenvalue weighted by molar-refractivity contribution is -0.138. The number of amides is 2. The number of aromatic nitrogens is 2. The van der Waals surface area contributed by atoms with E-state index in [1.165, 1.54) is 12.8 Å². The number of aromatic amines is 1. The van der Waals surface area contributed by atoms with Crippen LogP contribution in [0.1, 0.15) is 50.5 Å². The molecular formula is C27H41N7O3. The third-order valence-electron chi connectivity index (χ3n) is 8.39. The molecule has 0 aliphatic carbocycles. The Labute approximate surface area is 219 Å². The molecule has 4 heterocycles. The average molecular weight is 512 g/mol. The van der Waals surface area contributed by atoms with Gasteiger partial charge in [0.05, 0.1) is 11.7 Å². The number of piperidine rings is 2. The lowest BCUT2D eigenvalue weighted by atomic mass is 9.91. The number of fused-ring (bicyclic) bond motifs is 1. The molecule has 3 aliphatic heterocycles. The van der Waals surface area contributed by atoms with Crippen molar-refractivity contribution < 1.29 is 14.4 Å². The predicted molar refractivity (Wildman–Crippen MR) is 142 cm³/mol. The van der Waals surface area contributed by atoms with Crippen molar-refractivity contribution in [2.75, 3.05) is 59.4 Å². The quantitative estimate of drug-likeness (QED) is 0.615. The van der Waals surface area contributed by atoms with Crippen molar-refractivity contribution in [2.45, 2.75) is 57.0 Å². The highest BCUT2D eigenvalue weighted by atomic mass is 16.7. The molecule has 3 saturated heterocycles. The maximum atomic E-state index is 13.9. The molecule has 1 aromatic carbocycles. The van der Waals surface area contributed by atoms with Gasteiger partial charge in [-0.15, -0.1) is 5.06 Å². The molecule has 10 heteroatoms. The number of carbonyl (C=O) groups is 2. The third kappa shape index (κ3) is 6.25. The van der Waals surface area contributed by atoms with Crippen molar-refractivity contribution in [2.24, 2.45) is 0 Å². The Morgan fingerprint density at radius 2 is 1.76 bits per heavy atom.